The molecule has 4 heteroatoms. The molecule has 0 bridgehead atoms. The fraction of sp³-hybridized carbons (Fsp3) is 0.625. The van der Waals surface area contributed by atoms with Gasteiger partial charge in [-0.05, 0) is 20.8 Å². The Bertz CT molecular complexity index is 184. The van der Waals surface area contributed by atoms with E-state index in [1.807, 2.05) is 20.8 Å². The molecule has 12 heavy (non-hydrogen) atoms. The van der Waals surface area contributed by atoms with E-state index in [0.717, 1.165) is 4.48 Å². The Kier molecular flexibility index (Phi) is 4.31. The van der Waals surface area contributed by atoms with E-state index in [9.17, 15) is 4.79 Å². The highest BCUT2D eigenvalue weighted by atomic mass is 79.9. The van der Waals surface area contributed by atoms with Crippen LogP contribution >= 0.6 is 15.9 Å². The van der Waals surface area contributed by atoms with Crippen molar-refractivity contribution in [3.63, 3.8) is 0 Å². The summed E-state index contributed by atoms with van der Waals surface area (Å²) in [5.41, 5.74) is -0.197. The molecule has 0 rings (SSSR count). The van der Waals surface area contributed by atoms with E-state index >= 15 is 0 Å². The van der Waals surface area contributed by atoms with Crippen LogP contribution < -0.4 is 10.6 Å². The fourth-order valence-electron chi connectivity index (χ4n) is 0.561. The molecule has 2 amide bonds. The molecule has 0 aromatic rings. The van der Waals surface area contributed by atoms with Crippen molar-refractivity contribution in [1.82, 2.24) is 10.6 Å². The van der Waals surface area contributed by atoms with Crippen LogP contribution in [0.1, 0.15) is 20.8 Å². The summed E-state index contributed by atoms with van der Waals surface area (Å²) in [7, 11) is 0. The number of carbonyl (C=O) groups excluding carboxylic acids is 1. The molecule has 0 saturated heterocycles. The summed E-state index contributed by atoms with van der Waals surface area (Å²) in [5, 5.41) is 5.40. The third kappa shape index (κ3) is 7.60. The largest absolute Gasteiger partial charge is 0.334 e. The highest BCUT2D eigenvalue weighted by Crippen LogP contribution is 1.99. The molecule has 0 aliphatic carbocycles. The molecule has 0 aliphatic rings. The number of halogens is 1. The average molecular weight is 235 g/mol. The zero-order valence-electron chi connectivity index (χ0n) is 7.70. The van der Waals surface area contributed by atoms with Gasteiger partial charge >= 0.3 is 6.03 Å². The van der Waals surface area contributed by atoms with Crippen molar-refractivity contribution >= 4 is 22.0 Å². The number of hydrogen-bond donors (Lipinski definition) is 2. The fourth-order valence-corrected chi connectivity index (χ4v) is 0.701. The molecule has 3 nitrogen and oxygen atoms in total. The summed E-state index contributed by atoms with van der Waals surface area (Å²) in [4.78, 5) is 11.1. The van der Waals surface area contributed by atoms with Gasteiger partial charge in [-0.15, -0.1) is 0 Å². The van der Waals surface area contributed by atoms with Crippen molar-refractivity contribution in [2.75, 3.05) is 6.54 Å². The number of rotatable bonds is 2. The molecule has 0 aromatic carbocycles. The summed E-state index contributed by atoms with van der Waals surface area (Å²) in [6, 6.07) is -0.178. The predicted octanol–water partition coefficient (Wildman–Crippen LogP) is 1.99. The second-order valence-electron chi connectivity index (χ2n) is 3.57. The summed E-state index contributed by atoms with van der Waals surface area (Å²) in [6.45, 7) is 9.82. The lowest BCUT2D eigenvalue weighted by molar-refractivity contribution is 0.233. The van der Waals surface area contributed by atoms with Crippen LogP contribution in [-0.2, 0) is 0 Å². The summed E-state index contributed by atoms with van der Waals surface area (Å²) < 4.78 is 0.756. The van der Waals surface area contributed by atoms with E-state index in [0.29, 0.717) is 6.54 Å². The maximum absolute atomic E-state index is 11.1. The maximum Gasteiger partial charge on any atom is 0.315 e. The second kappa shape index (κ2) is 4.50. The normalized spacial score (nSPS) is 10.7. The standard InChI is InChI=1S/C8H15BrN2O/c1-6(9)5-10-7(12)11-8(2,3)4/h1,5H2,2-4H3,(H2,10,11,12). The molecule has 0 aliphatic heterocycles. The van der Waals surface area contributed by atoms with Crippen molar-refractivity contribution in [1.29, 1.82) is 0 Å². The lowest BCUT2D eigenvalue weighted by atomic mass is 10.1. The second-order valence-corrected chi connectivity index (χ2v) is 4.70. The van der Waals surface area contributed by atoms with Gasteiger partial charge in [0.25, 0.3) is 0 Å². The lowest BCUT2D eigenvalue weighted by Crippen LogP contribution is -2.46. The van der Waals surface area contributed by atoms with E-state index in [2.05, 4.69) is 33.1 Å². The first-order chi connectivity index (χ1) is 5.31. The third-order valence-electron chi connectivity index (χ3n) is 0.929. The van der Waals surface area contributed by atoms with Crippen molar-refractivity contribution in [3.05, 3.63) is 11.1 Å². The van der Waals surface area contributed by atoms with Crippen LogP contribution in [0.25, 0.3) is 0 Å². The Morgan fingerprint density at radius 2 is 2.00 bits per heavy atom. The van der Waals surface area contributed by atoms with Crippen molar-refractivity contribution < 1.29 is 4.79 Å². The minimum absolute atomic E-state index is 0.178. The Morgan fingerprint density at radius 3 is 2.33 bits per heavy atom. The molecule has 0 fully saturated rings. The number of amides is 2. The Morgan fingerprint density at radius 1 is 1.50 bits per heavy atom. The summed E-state index contributed by atoms with van der Waals surface area (Å²) in [5.74, 6) is 0. The third-order valence-corrected chi connectivity index (χ3v) is 1.21. The van der Waals surface area contributed by atoms with Crippen LogP contribution in [-0.4, -0.2) is 18.1 Å². The smallest absolute Gasteiger partial charge is 0.315 e. The lowest BCUT2D eigenvalue weighted by Gasteiger charge is -2.20. The molecule has 70 valence electrons. The van der Waals surface area contributed by atoms with Gasteiger partial charge in [0.05, 0.1) is 6.54 Å². The van der Waals surface area contributed by atoms with Crippen LogP contribution in [0.15, 0.2) is 11.1 Å². The van der Waals surface area contributed by atoms with E-state index in [1.54, 1.807) is 0 Å². The molecular weight excluding hydrogens is 220 g/mol. The topological polar surface area (TPSA) is 41.1 Å². The van der Waals surface area contributed by atoms with Gasteiger partial charge in [0.15, 0.2) is 0 Å². The van der Waals surface area contributed by atoms with E-state index < -0.39 is 0 Å². The SMILES string of the molecule is C=C(Br)CNC(=O)NC(C)(C)C. The molecule has 0 heterocycles. The number of urea groups is 1. The monoisotopic (exact) mass is 234 g/mol. The maximum atomic E-state index is 11.1. The van der Waals surface area contributed by atoms with Gasteiger partial charge in [-0.2, -0.15) is 0 Å². The predicted molar refractivity (Wildman–Crippen MR) is 54.4 cm³/mol. The molecule has 0 atom stereocenters. The molecule has 0 radical (unpaired) electrons. The van der Waals surface area contributed by atoms with Crippen molar-refractivity contribution in [2.45, 2.75) is 26.3 Å². The highest BCUT2D eigenvalue weighted by molar-refractivity contribution is 9.11. The zero-order chi connectivity index (χ0) is 9.78. The molecule has 0 unspecified atom stereocenters. The number of carbonyl (C=O) groups is 1. The van der Waals surface area contributed by atoms with Gasteiger partial charge < -0.3 is 10.6 Å². The van der Waals surface area contributed by atoms with Gasteiger partial charge in [-0.1, -0.05) is 22.5 Å². The molecular formula is C8H15BrN2O. The zero-order valence-corrected chi connectivity index (χ0v) is 9.29. The van der Waals surface area contributed by atoms with Crippen LogP contribution in [0.2, 0.25) is 0 Å². The van der Waals surface area contributed by atoms with E-state index in [-0.39, 0.29) is 11.6 Å². The van der Waals surface area contributed by atoms with Crippen LogP contribution in [0.4, 0.5) is 4.79 Å². The minimum atomic E-state index is -0.197. The van der Waals surface area contributed by atoms with Crippen LogP contribution in [0.3, 0.4) is 0 Å². The minimum Gasteiger partial charge on any atom is -0.334 e. The van der Waals surface area contributed by atoms with Gasteiger partial charge in [0, 0.05) is 10.0 Å². The van der Waals surface area contributed by atoms with Crippen molar-refractivity contribution in [2.24, 2.45) is 0 Å². The molecule has 2 N–H and O–H groups in total. The van der Waals surface area contributed by atoms with Gasteiger partial charge in [0.2, 0.25) is 0 Å². The molecule has 0 spiro atoms. The quantitative estimate of drug-likeness (QED) is 0.755. The van der Waals surface area contributed by atoms with Gasteiger partial charge in [0.1, 0.15) is 0 Å². The van der Waals surface area contributed by atoms with E-state index in [1.165, 1.54) is 0 Å². The van der Waals surface area contributed by atoms with Crippen LogP contribution in [0.5, 0.6) is 0 Å². The van der Waals surface area contributed by atoms with Crippen LogP contribution in [0, 0.1) is 0 Å². The molecule has 0 aromatic heterocycles. The Labute approximate surface area is 81.7 Å². The first kappa shape index (κ1) is 11.5. The molecule has 0 saturated carbocycles. The summed E-state index contributed by atoms with van der Waals surface area (Å²) in [6.07, 6.45) is 0. The van der Waals surface area contributed by atoms with E-state index in [4.69, 9.17) is 0 Å². The first-order valence-electron chi connectivity index (χ1n) is 3.70. The highest BCUT2D eigenvalue weighted by Gasteiger charge is 2.12. The first-order valence-corrected chi connectivity index (χ1v) is 4.50. The summed E-state index contributed by atoms with van der Waals surface area (Å²) >= 11 is 3.15. The Balaban J connectivity index is 3.68. The van der Waals surface area contributed by atoms with Crippen molar-refractivity contribution in [3.8, 4) is 0 Å². The number of hydrogen-bond acceptors (Lipinski definition) is 1. The Hall–Kier alpha value is -0.510. The average Bonchev–Trinajstić information content (AvgIpc) is 1.79. The number of nitrogens with one attached hydrogen (secondary N) is 2. The van der Waals surface area contributed by atoms with Gasteiger partial charge in [-0.3, -0.25) is 0 Å². The van der Waals surface area contributed by atoms with Gasteiger partial charge in [-0.25, -0.2) is 4.79 Å².